The van der Waals surface area contributed by atoms with Gasteiger partial charge in [0.2, 0.25) is 0 Å². The summed E-state index contributed by atoms with van der Waals surface area (Å²) in [5.74, 6) is 0.0635. The molecular formula is C39H39N3O3. The fourth-order valence-electron chi connectivity index (χ4n) is 6.12. The van der Waals surface area contributed by atoms with E-state index < -0.39 is 0 Å². The Bertz CT molecular complexity index is 1710. The summed E-state index contributed by atoms with van der Waals surface area (Å²) in [7, 11) is 0. The second-order valence-electron chi connectivity index (χ2n) is 11.9. The van der Waals surface area contributed by atoms with Crippen LogP contribution in [0.4, 0.5) is 0 Å². The Morgan fingerprint density at radius 1 is 0.689 bits per heavy atom. The summed E-state index contributed by atoms with van der Waals surface area (Å²) in [5.41, 5.74) is 4.18. The third kappa shape index (κ3) is 8.50. The SMILES string of the molecule is O=C(Cc1ccccc1)Oc1ccc(C(CN2CCCN(Cc3ccccc3)CC2)C(=O)Cc2ccc3cnccc3c2)cc1. The molecule has 1 aliphatic rings. The van der Waals surface area contributed by atoms with Crippen LogP contribution >= 0.6 is 0 Å². The minimum absolute atomic E-state index is 0.183. The molecule has 0 amide bonds. The average molecular weight is 598 g/mol. The summed E-state index contributed by atoms with van der Waals surface area (Å²) in [6, 6.07) is 35.8. The number of esters is 1. The molecule has 1 aromatic heterocycles. The molecule has 1 fully saturated rings. The number of carbonyl (C=O) groups is 2. The number of hydrogen-bond acceptors (Lipinski definition) is 6. The lowest BCUT2D eigenvalue weighted by atomic mass is 9.90. The Hall–Kier alpha value is -4.65. The van der Waals surface area contributed by atoms with Gasteiger partial charge in [-0.25, -0.2) is 0 Å². The van der Waals surface area contributed by atoms with E-state index in [-0.39, 0.29) is 24.1 Å². The minimum atomic E-state index is -0.308. The third-order valence-corrected chi connectivity index (χ3v) is 8.55. The number of hydrogen-bond donors (Lipinski definition) is 0. The van der Waals surface area contributed by atoms with Crippen LogP contribution in [0.25, 0.3) is 10.8 Å². The van der Waals surface area contributed by atoms with Crippen molar-refractivity contribution < 1.29 is 14.3 Å². The van der Waals surface area contributed by atoms with Crippen molar-refractivity contribution in [1.82, 2.24) is 14.8 Å². The topological polar surface area (TPSA) is 62.7 Å². The van der Waals surface area contributed by atoms with E-state index in [0.29, 0.717) is 18.7 Å². The fraction of sp³-hybridized carbons (Fsp3) is 0.256. The Morgan fingerprint density at radius 2 is 1.40 bits per heavy atom. The van der Waals surface area contributed by atoms with Crippen LogP contribution in [0.2, 0.25) is 0 Å². The van der Waals surface area contributed by atoms with Gasteiger partial charge in [0.25, 0.3) is 0 Å². The van der Waals surface area contributed by atoms with Gasteiger partial charge in [-0.2, -0.15) is 0 Å². The number of ether oxygens (including phenoxy) is 1. The zero-order valence-electron chi connectivity index (χ0n) is 25.6. The highest BCUT2D eigenvalue weighted by atomic mass is 16.5. The molecule has 45 heavy (non-hydrogen) atoms. The van der Waals surface area contributed by atoms with Crippen molar-refractivity contribution in [2.75, 3.05) is 32.7 Å². The first kappa shape index (κ1) is 30.4. The van der Waals surface area contributed by atoms with E-state index in [1.54, 1.807) is 6.20 Å². The van der Waals surface area contributed by atoms with Gasteiger partial charge in [-0.3, -0.25) is 19.5 Å². The van der Waals surface area contributed by atoms with E-state index in [0.717, 1.165) is 66.6 Å². The molecule has 1 unspecified atom stereocenters. The number of Topliss-reactive ketones (excluding diaryl/α,β-unsaturated/α-hetero) is 1. The summed E-state index contributed by atoms with van der Waals surface area (Å²) in [4.78, 5) is 35.8. The lowest BCUT2D eigenvalue weighted by Gasteiger charge is -2.26. The Kier molecular flexibility index (Phi) is 10.1. The molecule has 0 spiro atoms. The van der Waals surface area contributed by atoms with Crippen LogP contribution in [0.1, 0.15) is 34.6 Å². The Balaban J connectivity index is 1.16. The molecule has 4 aromatic carbocycles. The van der Waals surface area contributed by atoms with Gasteiger partial charge >= 0.3 is 5.97 Å². The van der Waals surface area contributed by atoms with Crippen molar-refractivity contribution in [2.45, 2.75) is 31.7 Å². The molecule has 0 N–H and O–H groups in total. The highest BCUT2D eigenvalue weighted by Crippen LogP contribution is 2.25. The standard InChI is InChI=1S/C39H39N3O3/c43-38(25-32-12-13-35-27-40-19-18-34(35)24-32)37(29-42-21-7-20-41(22-23-42)28-31-10-5-2-6-11-31)33-14-16-36(17-15-33)45-39(44)26-30-8-3-1-4-9-30/h1-6,8-19,24,27,37H,7,20-23,25-26,28-29H2. The molecule has 1 saturated heterocycles. The van der Waals surface area contributed by atoms with E-state index in [1.807, 2.05) is 79.0 Å². The van der Waals surface area contributed by atoms with Gasteiger partial charge in [0.05, 0.1) is 12.3 Å². The van der Waals surface area contributed by atoms with Crippen LogP contribution in [-0.4, -0.2) is 59.3 Å². The second-order valence-corrected chi connectivity index (χ2v) is 11.9. The average Bonchev–Trinajstić information content (AvgIpc) is 3.29. The van der Waals surface area contributed by atoms with Gasteiger partial charge in [-0.15, -0.1) is 0 Å². The van der Waals surface area contributed by atoms with Crippen molar-refractivity contribution in [2.24, 2.45) is 0 Å². The van der Waals surface area contributed by atoms with Crippen molar-refractivity contribution in [1.29, 1.82) is 0 Å². The lowest BCUT2D eigenvalue weighted by molar-refractivity contribution is -0.133. The Morgan fingerprint density at radius 3 is 2.18 bits per heavy atom. The summed E-state index contributed by atoms with van der Waals surface area (Å²) in [5, 5.41) is 2.15. The lowest BCUT2D eigenvalue weighted by Crippen LogP contribution is -2.35. The maximum atomic E-state index is 14.0. The number of nitrogens with zero attached hydrogens (tertiary/aromatic N) is 3. The van der Waals surface area contributed by atoms with Gasteiger partial charge in [0.15, 0.2) is 0 Å². The van der Waals surface area contributed by atoms with Crippen molar-refractivity contribution >= 4 is 22.5 Å². The van der Waals surface area contributed by atoms with Gasteiger partial charge < -0.3 is 9.64 Å². The number of pyridine rings is 1. The van der Waals surface area contributed by atoms with Crippen molar-refractivity contribution in [3.05, 3.63) is 144 Å². The number of aromatic nitrogens is 1. The predicted molar refractivity (Wildman–Crippen MR) is 178 cm³/mol. The maximum Gasteiger partial charge on any atom is 0.315 e. The predicted octanol–water partition coefficient (Wildman–Crippen LogP) is 6.49. The molecule has 0 bridgehead atoms. The molecular weight excluding hydrogens is 558 g/mol. The summed E-state index contributed by atoms with van der Waals surface area (Å²) in [6.07, 6.45) is 5.25. The second kappa shape index (κ2) is 14.9. The molecule has 2 heterocycles. The molecule has 6 nitrogen and oxygen atoms in total. The number of fused-ring (bicyclic) bond motifs is 1. The first-order valence-corrected chi connectivity index (χ1v) is 15.8. The van der Waals surface area contributed by atoms with Crippen LogP contribution < -0.4 is 4.74 Å². The zero-order valence-corrected chi connectivity index (χ0v) is 25.6. The van der Waals surface area contributed by atoms with Gasteiger partial charge in [0.1, 0.15) is 11.5 Å². The van der Waals surface area contributed by atoms with E-state index in [9.17, 15) is 9.59 Å². The van der Waals surface area contributed by atoms with E-state index >= 15 is 0 Å². The van der Waals surface area contributed by atoms with E-state index in [4.69, 9.17) is 4.74 Å². The van der Waals surface area contributed by atoms with Gasteiger partial charge in [-0.05, 0) is 65.3 Å². The van der Waals surface area contributed by atoms with Crippen LogP contribution in [0.15, 0.2) is 122 Å². The van der Waals surface area contributed by atoms with Crippen LogP contribution in [0.3, 0.4) is 0 Å². The smallest absolute Gasteiger partial charge is 0.315 e. The number of ketones is 1. The first-order valence-electron chi connectivity index (χ1n) is 15.8. The van der Waals surface area contributed by atoms with Gasteiger partial charge in [-0.1, -0.05) is 91.0 Å². The van der Waals surface area contributed by atoms with Crippen LogP contribution in [0, 0.1) is 0 Å². The third-order valence-electron chi connectivity index (χ3n) is 8.55. The highest BCUT2D eigenvalue weighted by Gasteiger charge is 2.26. The monoisotopic (exact) mass is 597 g/mol. The molecule has 1 atom stereocenters. The molecule has 0 saturated carbocycles. The molecule has 6 heteroatoms. The molecule has 5 aromatic rings. The molecule has 6 rings (SSSR count). The normalized spacial score (nSPS) is 14.9. The zero-order chi connectivity index (χ0) is 30.8. The summed E-state index contributed by atoms with van der Waals surface area (Å²) in [6.45, 7) is 5.47. The quantitative estimate of drug-likeness (QED) is 0.128. The number of rotatable bonds is 11. The molecule has 228 valence electrons. The van der Waals surface area contributed by atoms with Crippen molar-refractivity contribution in [3.8, 4) is 5.75 Å². The van der Waals surface area contributed by atoms with Gasteiger partial charge in [0, 0.05) is 50.4 Å². The first-order chi connectivity index (χ1) is 22.1. The van der Waals surface area contributed by atoms with Crippen molar-refractivity contribution in [3.63, 3.8) is 0 Å². The summed E-state index contributed by atoms with van der Waals surface area (Å²) < 4.78 is 5.63. The van der Waals surface area contributed by atoms with Crippen LogP contribution in [-0.2, 0) is 29.0 Å². The number of benzene rings is 4. The van der Waals surface area contributed by atoms with Crippen LogP contribution in [0.5, 0.6) is 5.75 Å². The van der Waals surface area contributed by atoms with E-state index in [2.05, 4.69) is 51.2 Å². The minimum Gasteiger partial charge on any atom is -0.426 e. The maximum absolute atomic E-state index is 14.0. The fourth-order valence-corrected chi connectivity index (χ4v) is 6.12. The number of carbonyl (C=O) groups excluding carboxylic acids is 2. The molecule has 0 radical (unpaired) electrons. The summed E-state index contributed by atoms with van der Waals surface area (Å²) >= 11 is 0. The largest absolute Gasteiger partial charge is 0.426 e. The molecule has 0 aliphatic carbocycles. The Labute approximate surface area is 265 Å². The van der Waals surface area contributed by atoms with E-state index in [1.165, 1.54) is 5.56 Å². The highest BCUT2D eigenvalue weighted by molar-refractivity contribution is 5.90. The molecule has 1 aliphatic heterocycles.